The van der Waals surface area contributed by atoms with Gasteiger partial charge in [0.15, 0.2) is 0 Å². The number of anilines is 1. The third kappa shape index (κ3) is 5.28. The molecule has 1 aromatic heterocycles. The quantitative estimate of drug-likeness (QED) is 0.342. The van der Waals surface area contributed by atoms with Crippen LogP contribution >= 0.6 is 0 Å². The number of para-hydroxylation sites is 1. The van der Waals surface area contributed by atoms with E-state index in [9.17, 15) is 18.0 Å². The van der Waals surface area contributed by atoms with Crippen molar-refractivity contribution < 1.29 is 22.7 Å². The fourth-order valence-corrected chi connectivity index (χ4v) is 4.62. The second kappa shape index (κ2) is 9.90. The number of rotatable bonds is 7. The van der Waals surface area contributed by atoms with Gasteiger partial charge in [-0.05, 0) is 61.5 Å². The van der Waals surface area contributed by atoms with Gasteiger partial charge in [-0.3, -0.25) is 25.2 Å². The summed E-state index contributed by atoms with van der Waals surface area (Å²) in [5.41, 5.74) is 6.66. The molecular formula is C25H24N4O5S. The van der Waals surface area contributed by atoms with E-state index in [1.54, 1.807) is 18.3 Å². The molecule has 0 saturated heterocycles. The summed E-state index contributed by atoms with van der Waals surface area (Å²) in [7, 11) is -1.97. The standard InChI is InChI=1S/C25H24N4O5S/c1-3-34-19-12-14-20(15-13-19)35(32,33)28-18-10-8-17(9-11-18)24(30)26-27-25(31)22-16-29(2)23-7-5-4-6-21(22)23/h4-16,28H,3H2,1-2H3,(H,26,30)(H,27,31). The second-order valence-electron chi connectivity index (χ2n) is 7.67. The van der Waals surface area contributed by atoms with Gasteiger partial charge in [-0.1, -0.05) is 18.2 Å². The van der Waals surface area contributed by atoms with E-state index < -0.39 is 21.8 Å². The number of sulfonamides is 1. The van der Waals surface area contributed by atoms with Gasteiger partial charge >= 0.3 is 0 Å². The number of aromatic nitrogens is 1. The third-order valence-electron chi connectivity index (χ3n) is 5.28. The average molecular weight is 493 g/mol. The van der Waals surface area contributed by atoms with Crippen molar-refractivity contribution in [1.29, 1.82) is 0 Å². The molecule has 0 atom stereocenters. The summed E-state index contributed by atoms with van der Waals surface area (Å²) in [6.45, 7) is 2.33. The Morgan fingerprint density at radius 3 is 2.23 bits per heavy atom. The monoisotopic (exact) mass is 492 g/mol. The number of fused-ring (bicyclic) bond motifs is 1. The maximum Gasteiger partial charge on any atom is 0.271 e. The smallest absolute Gasteiger partial charge is 0.271 e. The molecule has 4 aromatic rings. The van der Waals surface area contributed by atoms with E-state index in [-0.39, 0.29) is 16.1 Å². The van der Waals surface area contributed by atoms with Crippen LogP contribution in [0.2, 0.25) is 0 Å². The molecule has 10 heteroatoms. The minimum Gasteiger partial charge on any atom is -0.494 e. The van der Waals surface area contributed by atoms with Crippen LogP contribution in [0.15, 0.2) is 83.9 Å². The number of nitrogens with zero attached hydrogens (tertiary/aromatic N) is 1. The van der Waals surface area contributed by atoms with Gasteiger partial charge in [0.2, 0.25) is 0 Å². The summed E-state index contributed by atoms with van der Waals surface area (Å²) in [5.74, 6) is -0.413. The molecule has 0 fully saturated rings. The number of carbonyl (C=O) groups is 2. The number of nitrogens with one attached hydrogen (secondary N) is 3. The molecule has 35 heavy (non-hydrogen) atoms. The Bertz CT molecular complexity index is 1480. The molecule has 0 unspecified atom stereocenters. The van der Waals surface area contributed by atoms with Crippen molar-refractivity contribution in [1.82, 2.24) is 15.4 Å². The predicted octanol–water partition coefficient (Wildman–Crippen LogP) is 3.45. The topological polar surface area (TPSA) is 119 Å². The van der Waals surface area contributed by atoms with Gasteiger partial charge in [-0.2, -0.15) is 0 Å². The van der Waals surface area contributed by atoms with E-state index in [0.29, 0.717) is 17.9 Å². The summed E-state index contributed by atoms with van der Waals surface area (Å²) in [5, 5.41) is 0.769. The molecule has 0 aliphatic rings. The van der Waals surface area contributed by atoms with Gasteiger partial charge in [0, 0.05) is 35.4 Å². The van der Waals surface area contributed by atoms with E-state index in [1.165, 1.54) is 36.4 Å². The van der Waals surface area contributed by atoms with Crippen LogP contribution in [0.5, 0.6) is 5.75 Å². The summed E-state index contributed by atoms with van der Waals surface area (Å²) >= 11 is 0. The van der Waals surface area contributed by atoms with Crippen molar-refractivity contribution in [3.63, 3.8) is 0 Å². The van der Waals surface area contributed by atoms with Gasteiger partial charge in [-0.15, -0.1) is 0 Å². The van der Waals surface area contributed by atoms with Crippen LogP contribution < -0.4 is 20.3 Å². The second-order valence-corrected chi connectivity index (χ2v) is 9.35. The van der Waals surface area contributed by atoms with E-state index in [4.69, 9.17) is 4.74 Å². The maximum absolute atomic E-state index is 12.6. The Labute approximate surface area is 202 Å². The van der Waals surface area contributed by atoms with Crippen LogP contribution in [0, 0.1) is 0 Å². The zero-order chi connectivity index (χ0) is 25.0. The lowest BCUT2D eigenvalue weighted by Gasteiger charge is -2.10. The van der Waals surface area contributed by atoms with Crippen LogP contribution in [-0.2, 0) is 17.1 Å². The predicted molar refractivity (Wildman–Crippen MR) is 133 cm³/mol. The molecule has 9 nitrogen and oxygen atoms in total. The van der Waals surface area contributed by atoms with Crippen molar-refractivity contribution in [2.24, 2.45) is 7.05 Å². The van der Waals surface area contributed by atoms with Crippen LogP contribution in [0.3, 0.4) is 0 Å². The highest BCUT2D eigenvalue weighted by atomic mass is 32.2. The molecule has 2 amide bonds. The molecular weight excluding hydrogens is 468 g/mol. The van der Waals surface area contributed by atoms with Crippen molar-refractivity contribution in [3.8, 4) is 5.75 Å². The minimum absolute atomic E-state index is 0.0823. The summed E-state index contributed by atoms with van der Waals surface area (Å²) in [4.78, 5) is 25.1. The van der Waals surface area contributed by atoms with Gasteiger partial charge < -0.3 is 9.30 Å². The van der Waals surface area contributed by atoms with E-state index >= 15 is 0 Å². The van der Waals surface area contributed by atoms with Crippen molar-refractivity contribution in [2.45, 2.75) is 11.8 Å². The molecule has 0 spiro atoms. The Hall–Kier alpha value is -4.31. The first-order chi connectivity index (χ1) is 16.8. The van der Waals surface area contributed by atoms with Crippen LogP contribution in [0.4, 0.5) is 5.69 Å². The number of benzene rings is 3. The van der Waals surface area contributed by atoms with Crippen molar-refractivity contribution >= 4 is 38.4 Å². The molecule has 1 heterocycles. The Kier molecular flexibility index (Phi) is 6.74. The number of hydrazine groups is 1. The lowest BCUT2D eigenvalue weighted by Crippen LogP contribution is -2.41. The SMILES string of the molecule is CCOc1ccc(S(=O)(=O)Nc2ccc(C(=O)NNC(=O)c3cn(C)c4ccccc34)cc2)cc1. The molecule has 0 aliphatic heterocycles. The summed E-state index contributed by atoms with van der Waals surface area (Å²) in [6, 6.07) is 19.4. The highest BCUT2D eigenvalue weighted by Crippen LogP contribution is 2.21. The normalized spacial score (nSPS) is 11.1. The number of amides is 2. The van der Waals surface area contributed by atoms with Gasteiger partial charge in [0.25, 0.3) is 21.8 Å². The van der Waals surface area contributed by atoms with Crippen LogP contribution in [-0.4, -0.2) is 31.4 Å². The first-order valence-corrected chi connectivity index (χ1v) is 12.3. The van der Waals surface area contributed by atoms with Crippen molar-refractivity contribution in [3.05, 3.63) is 90.1 Å². The maximum atomic E-state index is 12.6. The Balaban J connectivity index is 1.38. The molecule has 0 saturated carbocycles. The third-order valence-corrected chi connectivity index (χ3v) is 6.67. The number of aryl methyl sites for hydroxylation is 1. The molecule has 3 aromatic carbocycles. The lowest BCUT2D eigenvalue weighted by molar-refractivity contribution is 0.0847. The molecule has 180 valence electrons. The zero-order valence-electron chi connectivity index (χ0n) is 19.1. The molecule has 0 radical (unpaired) electrons. The highest BCUT2D eigenvalue weighted by Gasteiger charge is 2.16. The zero-order valence-corrected chi connectivity index (χ0v) is 19.9. The number of ether oxygens (including phenoxy) is 1. The Morgan fingerprint density at radius 2 is 1.54 bits per heavy atom. The molecule has 3 N–H and O–H groups in total. The first-order valence-electron chi connectivity index (χ1n) is 10.8. The fraction of sp³-hybridized carbons (Fsp3) is 0.120. The average Bonchev–Trinajstić information content (AvgIpc) is 3.20. The number of hydrogen-bond acceptors (Lipinski definition) is 5. The highest BCUT2D eigenvalue weighted by molar-refractivity contribution is 7.92. The molecule has 4 rings (SSSR count). The van der Waals surface area contributed by atoms with E-state index in [0.717, 1.165) is 10.9 Å². The van der Waals surface area contributed by atoms with Gasteiger partial charge in [-0.25, -0.2) is 8.42 Å². The molecule has 0 bridgehead atoms. The van der Waals surface area contributed by atoms with Crippen LogP contribution in [0.1, 0.15) is 27.6 Å². The summed E-state index contributed by atoms with van der Waals surface area (Å²) in [6.07, 6.45) is 1.69. The van der Waals surface area contributed by atoms with Gasteiger partial charge in [0.1, 0.15) is 5.75 Å². The van der Waals surface area contributed by atoms with Crippen LogP contribution in [0.25, 0.3) is 10.9 Å². The van der Waals surface area contributed by atoms with Gasteiger partial charge in [0.05, 0.1) is 17.1 Å². The first kappa shape index (κ1) is 23.8. The number of carbonyl (C=O) groups excluding carboxylic acids is 2. The van der Waals surface area contributed by atoms with E-state index in [2.05, 4.69) is 15.6 Å². The number of hydrogen-bond donors (Lipinski definition) is 3. The van der Waals surface area contributed by atoms with Crippen molar-refractivity contribution in [2.75, 3.05) is 11.3 Å². The fourth-order valence-electron chi connectivity index (χ4n) is 3.56. The molecule has 0 aliphatic carbocycles. The summed E-state index contributed by atoms with van der Waals surface area (Å²) < 4.78 is 34.9. The van der Waals surface area contributed by atoms with E-state index in [1.807, 2.05) is 42.8 Å². The minimum atomic E-state index is -3.81. The lowest BCUT2D eigenvalue weighted by atomic mass is 10.2. The Morgan fingerprint density at radius 1 is 0.886 bits per heavy atom. The largest absolute Gasteiger partial charge is 0.494 e.